The van der Waals surface area contributed by atoms with Gasteiger partial charge in [0.05, 0.1) is 7.11 Å². The van der Waals surface area contributed by atoms with Gasteiger partial charge in [-0.2, -0.15) is 0 Å². The van der Waals surface area contributed by atoms with E-state index in [-0.39, 0.29) is 0 Å². The summed E-state index contributed by atoms with van der Waals surface area (Å²) in [6.07, 6.45) is 2.17. The minimum absolute atomic E-state index is 0.449. The van der Waals surface area contributed by atoms with Crippen molar-refractivity contribution < 1.29 is 9.84 Å². The summed E-state index contributed by atoms with van der Waals surface area (Å²) >= 11 is 0. The average Bonchev–Trinajstić information content (AvgIpc) is 2.37. The number of rotatable bonds is 2. The maximum absolute atomic E-state index is 10.3. The zero-order valence-electron chi connectivity index (χ0n) is 10.8. The predicted molar refractivity (Wildman–Crippen MR) is 69.0 cm³/mol. The second kappa shape index (κ2) is 4.96. The second-order valence-electron chi connectivity index (χ2n) is 4.79. The molecule has 1 fully saturated rings. The van der Waals surface area contributed by atoms with Gasteiger partial charge in [-0.15, -0.1) is 0 Å². The van der Waals surface area contributed by atoms with Crippen molar-refractivity contribution in [3.63, 3.8) is 0 Å². The topological polar surface area (TPSA) is 41.5 Å². The van der Waals surface area contributed by atoms with Crippen molar-refractivity contribution in [1.82, 2.24) is 5.32 Å². The molecule has 1 aliphatic heterocycles. The molecule has 0 radical (unpaired) electrons. The number of benzene rings is 1. The average molecular weight is 235 g/mol. The zero-order valence-corrected chi connectivity index (χ0v) is 10.8. The van der Waals surface area contributed by atoms with Gasteiger partial charge in [0.25, 0.3) is 0 Å². The molecule has 0 amide bonds. The molecule has 1 aliphatic rings. The van der Waals surface area contributed by atoms with Crippen LogP contribution in [0.5, 0.6) is 11.5 Å². The third-order valence-electron chi connectivity index (χ3n) is 3.85. The minimum Gasteiger partial charge on any atom is -0.507 e. The Balaban J connectivity index is 2.42. The number of hydrogen-bond donors (Lipinski definition) is 2. The van der Waals surface area contributed by atoms with E-state index in [4.69, 9.17) is 4.74 Å². The molecule has 1 aromatic rings. The van der Waals surface area contributed by atoms with E-state index in [0.717, 1.165) is 48.4 Å². The van der Waals surface area contributed by atoms with Crippen LogP contribution in [0.25, 0.3) is 0 Å². The predicted octanol–water partition coefficient (Wildman–Crippen LogP) is 2.48. The van der Waals surface area contributed by atoms with E-state index in [1.165, 1.54) is 0 Å². The molecular formula is C14H21NO2. The molecule has 1 heterocycles. The number of nitrogens with one attached hydrogen (secondary N) is 1. The summed E-state index contributed by atoms with van der Waals surface area (Å²) in [4.78, 5) is 0. The summed E-state index contributed by atoms with van der Waals surface area (Å²) in [6.45, 7) is 6.00. The monoisotopic (exact) mass is 235 g/mol. The number of methoxy groups -OCH3 is 1. The Morgan fingerprint density at radius 3 is 2.47 bits per heavy atom. The van der Waals surface area contributed by atoms with Crippen molar-refractivity contribution in [2.75, 3.05) is 20.2 Å². The van der Waals surface area contributed by atoms with Crippen molar-refractivity contribution in [3.05, 3.63) is 22.8 Å². The molecule has 1 saturated heterocycles. The lowest BCUT2D eigenvalue weighted by atomic mass is 9.87. The number of phenols is 1. The van der Waals surface area contributed by atoms with Crippen LogP contribution >= 0.6 is 0 Å². The first kappa shape index (κ1) is 12.2. The number of piperidine rings is 1. The highest BCUT2D eigenvalue weighted by molar-refractivity contribution is 5.53. The maximum Gasteiger partial charge on any atom is 0.122 e. The largest absolute Gasteiger partial charge is 0.507 e. The Hall–Kier alpha value is -1.22. The number of hydrogen-bond acceptors (Lipinski definition) is 3. The molecule has 0 unspecified atom stereocenters. The van der Waals surface area contributed by atoms with Gasteiger partial charge in [-0.3, -0.25) is 0 Å². The van der Waals surface area contributed by atoms with Gasteiger partial charge in [0.2, 0.25) is 0 Å². The highest BCUT2D eigenvalue weighted by Gasteiger charge is 2.21. The molecule has 3 heteroatoms. The molecule has 17 heavy (non-hydrogen) atoms. The highest BCUT2D eigenvalue weighted by Crippen LogP contribution is 2.39. The first-order valence-electron chi connectivity index (χ1n) is 6.23. The number of phenolic OH excluding ortho intramolecular Hbond substituents is 1. The van der Waals surface area contributed by atoms with E-state index in [9.17, 15) is 5.11 Å². The summed E-state index contributed by atoms with van der Waals surface area (Å²) in [7, 11) is 1.69. The molecule has 0 atom stereocenters. The minimum atomic E-state index is 0.449. The Labute approximate surface area is 103 Å². The van der Waals surface area contributed by atoms with Crippen LogP contribution in [-0.2, 0) is 0 Å². The van der Waals surface area contributed by atoms with Gasteiger partial charge in [0.1, 0.15) is 11.5 Å². The first-order valence-corrected chi connectivity index (χ1v) is 6.23. The quantitative estimate of drug-likeness (QED) is 0.827. The molecule has 3 nitrogen and oxygen atoms in total. The molecule has 0 aromatic heterocycles. The molecule has 94 valence electrons. The third-order valence-corrected chi connectivity index (χ3v) is 3.85. The van der Waals surface area contributed by atoms with Crippen molar-refractivity contribution in [2.24, 2.45) is 0 Å². The van der Waals surface area contributed by atoms with Crippen molar-refractivity contribution in [2.45, 2.75) is 32.6 Å². The van der Waals surface area contributed by atoms with E-state index >= 15 is 0 Å². The molecule has 0 aliphatic carbocycles. The lowest BCUT2D eigenvalue weighted by Gasteiger charge is -2.25. The van der Waals surface area contributed by atoms with Crippen molar-refractivity contribution in [3.8, 4) is 11.5 Å². The van der Waals surface area contributed by atoms with Gasteiger partial charge in [-0.25, -0.2) is 0 Å². The van der Waals surface area contributed by atoms with Gasteiger partial charge in [0, 0.05) is 5.56 Å². The fraction of sp³-hybridized carbons (Fsp3) is 0.571. The van der Waals surface area contributed by atoms with Crippen molar-refractivity contribution in [1.29, 1.82) is 0 Å². The van der Waals surface area contributed by atoms with Crippen LogP contribution in [-0.4, -0.2) is 25.3 Å². The zero-order chi connectivity index (χ0) is 12.4. The van der Waals surface area contributed by atoms with E-state index in [0.29, 0.717) is 11.7 Å². The maximum atomic E-state index is 10.3. The lowest BCUT2D eigenvalue weighted by Crippen LogP contribution is -2.26. The van der Waals surface area contributed by atoms with Gasteiger partial charge in [-0.1, -0.05) is 0 Å². The molecular weight excluding hydrogens is 214 g/mol. The van der Waals surface area contributed by atoms with Crippen LogP contribution < -0.4 is 10.1 Å². The molecule has 2 N–H and O–H groups in total. The molecule has 0 bridgehead atoms. The van der Waals surface area contributed by atoms with Gasteiger partial charge in [-0.05, 0) is 62.9 Å². The molecule has 1 aromatic carbocycles. The summed E-state index contributed by atoms with van der Waals surface area (Å²) in [5.74, 6) is 1.79. The van der Waals surface area contributed by atoms with E-state index in [1.807, 2.05) is 19.9 Å². The Morgan fingerprint density at radius 2 is 1.88 bits per heavy atom. The number of ether oxygens (including phenoxy) is 1. The number of aromatic hydroxyl groups is 1. The highest BCUT2D eigenvalue weighted by atomic mass is 16.5. The van der Waals surface area contributed by atoms with Crippen LogP contribution in [0.4, 0.5) is 0 Å². The standard InChI is InChI=1S/C14H21NO2/c1-9-10(2)14(16)12(8-13(9)17-3)11-4-6-15-7-5-11/h8,11,15-16H,4-7H2,1-3H3. The fourth-order valence-electron chi connectivity index (χ4n) is 2.55. The summed E-state index contributed by atoms with van der Waals surface area (Å²) in [6, 6.07) is 2.01. The van der Waals surface area contributed by atoms with Gasteiger partial charge >= 0.3 is 0 Å². The Morgan fingerprint density at radius 1 is 1.24 bits per heavy atom. The van der Waals surface area contributed by atoms with Crippen LogP contribution in [0, 0.1) is 13.8 Å². The fourth-order valence-corrected chi connectivity index (χ4v) is 2.55. The van der Waals surface area contributed by atoms with Gasteiger partial charge in [0.15, 0.2) is 0 Å². The SMILES string of the molecule is COc1cc(C2CCNCC2)c(O)c(C)c1C. The summed E-state index contributed by atoms with van der Waals surface area (Å²) < 4.78 is 5.39. The second-order valence-corrected chi connectivity index (χ2v) is 4.79. The smallest absolute Gasteiger partial charge is 0.122 e. The van der Waals surface area contributed by atoms with Crippen LogP contribution in [0.1, 0.15) is 35.4 Å². The van der Waals surface area contributed by atoms with Crippen LogP contribution in [0.15, 0.2) is 6.07 Å². The van der Waals surface area contributed by atoms with Crippen LogP contribution in [0.3, 0.4) is 0 Å². The van der Waals surface area contributed by atoms with E-state index < -0.39 is 0 Å². The summed E-state index contributed by atoms with van der Waals surface area (Å²) in [5.41, 5.74) is 3.02. The summed E-state index contributed by atoms with van der Waals surface area (Å²) in [5, 5.41) is 13.6. The Kier molecular flexibility index (Phi) is 3.57. The molecule has 2 rings (SSSR count). The van der Waals surface area contributed by atoms with E-state index in [2.05, 4.69) is 5.32 Å². The Bertz CT molecular complexity index is 409. The van der Waals surface area contributed by atoms with Crippen LogP contribution in [0.2, 0.25) is 0 Å². The first-order chi connectivity index (χ1) is 8.15. The normalized spacial score (nSPS) is 17.1. The van der Waals surface area contributed by atoms with Crippen molar-refractivity contribution >= 4 is 0 Å². The molecule has 0 spiro atoms. The molecule has 0 saturated carbocycles. The lowest BCUT2D eigenvalue weighted by molar-refractivity contribution is 0.396. The van der Waals surface area contributed by atoms with E-state index in [1.54, 1.807) is 7.11 Å². The van der Waals surface area contributed by atoms with Gasteiger partial charge < -0.3 is 15.2 Å². The third kappa shape index (κ3) is 2.25.